The second-order valence-electron chi connectivity index (χ2n) is 13.7. The summed E-state index contributed by atoms with van der Waals surface area (Å²) in [5.74, 6) is 0.503. The first kappa shape index (κ1) is 39.9. The zero-order chi connectivity index (χ0) is 38.6. The number of rotatable bonds is 16. The van der Waals surface area contributed by atoms with Crippen LogP contribution in [0.5, 0.6) is 17.2 Å². The SMILES string of the molecule is CCC(C)NC(=O)CCc1cc(OC)c(OC(=O)Nc2ccnc(Nc3ccc(OCCCN4CCN(C)CC4)c(F)c3)n2)c(-c2cccc(C)c2C)c1. The number of ether oxygens (including phenoxy) is 3. The second-order valence-corrected chi connectivity index (χ2v) is 13.7. The van der Waals surface area contributed by atoms with Crippen LogP contribution in [0.15, 0.2) is 60.8 Å². The van der Waals surface area contributed by atoms with Crippen molar-refractivity contribution >= 4 is 29.5 Å². The first-order valence-corrected chi connectivity index (χ1v) is 18.5. The molecule has 4 aromatic rings. The number of hydrogen-bond donors (Lipinski definition) is 3. The van der Waals surface area contributed by atoms with Crippen LogP contribution in [-0.4, -0.2) is 91.3 Å². The molecule has 54 heavy (non-hydrogen) atoms. The molecule has 3 N–H and O–H groups in total. The van der Waals surface area contributed by atoms with Crippen LogP contribution in [0.3, 0.4) is 0 Å². The van der Waals surface area contributed by atoms with Gasteiger partial charge in [-0.25, -0.2) is 14.2 Å². The summed E-state index contributed by atoms with van der Waals surface area (Å²) < 4.78 is 32.3. The van der Waals surface area contributed by atoms with Gasteiger partial charge in [0.25, 0.3) is 0 Å². The van der Waals surface area contributed by atoms with E-state index in [-0.39, 0.29) is 35.2 Å². The summed E-state index contributed by atoms with van der Waals surface area (Å²) in [6.07, 6.45) is 3.09. The van der Waals surface area contributed by atoms with Gasteiger partial charge in [-0.05, 0) is 99.7 Å². The van der Waals surface area contributed by atoms with Crippen LogP contribution in [-0.2, 0) is 11.2 Å². The third kappa shape index (κ3) is 11.1. The van der Waals surface area contributed by atoms with Crippen molar-refractivity contribution in [3.8, 4) is 28.4 Å². The number of likely N-dealkylation sites (N-methyl/N-ethyl adjacent to an activating group) is 1. The number of nitrogens with one attached hydrogen (secondary N) is 3. The van der Waals surface area contributed by atoms with Gasteiger partial charge in [0.15, 0.2) is 23.1 Å². The second kappa shape index (κ2) is 19.2. The third-order valence-corrected chi connectivity index (χ3v) is 9.63. The lowest BCUT2D eigenvalue weighted by molar-refractivity contribution is -0.121. The van der Waals surface area contributed by atoms with E-state index in [2.05, 4.69) is 42.8 Å². The highest BCUT2D eigenvalue weighted by Gasteiger charge is 2.21. The number of methoxy groups -OCH3 is 1. The zero-order valence-electron chi connectivity index (χ0n) is 32.1. The quantitative estimate of drug-likeness (QED) is 0.102. The first-order valence-electron chi connectivity index (χ1n) is 18.5. The molecule has 0 radical (unpaired) electrons. The molecule has 5 rings (SSSR count). The first-order chi connectivity index (χ1) is 26.0. The number of anilines is 3. The molecule has 1 aliphatic heterocycles. The minimum absolute atomic E-state index is 0.0335. The van der Waals surface area contributed by atoms with Crippen LogP contribution in [0.4, 0.5) is 26.6 Å². The molecule has 0 aliphatic carbocycles. The molecule has 0 saturated carbocycles. The van der Waals surface area contributed by atoms with Crippen molar-refractivity contribution in [3.05, 3.63) is 83.3 Å². The minimum atomic E-state index is -0.801. The van der Waals surface area contributed by atoms with Crippen molar-refractivity contribution in [2.75, 3.05) is 64.1 Å². The lowest BCUT2D eigenvalue weighted by Crippen LogP contribution is -2.44. The molecule has 288 valence electrons. The van der Waals surface area contributed by atoms with Gasteiger partial charge < -0.3 is 34.6 Å². The molecule has 1 saturated heterocycles. The Morgan fingerprint density at radius 2 is 1.80 bits per heavy atom. The molecule has 0 bridgehead atoms. The fourth-order valence-corrected chi connectivity index (χ4v) is 6.09. The predicted molar refractivity (Wildman–Crippen MR) is 210 cm³/mol. The van der Waals surface area contributed by atoms with E-state index >= 15 is 0 Å². The molecule has 13 heteroatoms. The summed E-state index contributed by atoms with van der Waals surface area (Å²) in [6, 6.07) is 15.8. The number of nitrogens with zero attached hydrogens (tertiary/aromatic N) is 4. The fraction of sp³-hybridized carbons (Fsp3) is 0.415. The van der Waals surface area contributed by atoms with E-state index in [0.717, 1.165) is 67.8 Å². The molecule has 1 fully saturated rings. The third-order valence-electron chi connectivity index (χ3n) is 9.63. The van der Waals surface area contributed by atoms with E-state index in [1.54, 1.807) is 18.2 Å². The van der Waals surface area contributed by atoms with Gasteiger partial charge >= 0.3 is 6.09 Å². The molecule has 2 amide bonds. The summed E-state index contributed by atoms with van der Waals surface area (Å²) >= 11 is 0. The Morgan fingerprint density at radius 1 is 1.00 bits per heavy atom. The van der Waals surface area contributed by atoms with Crippen LogP contribution in [0.1, 0.15) is 49.8 Å². The van der Waals surface area contributed by atoms with Crippen LogP contribution < -0.4 is 30.2 Å². The van der Waals surface area contributed by atoms with Gasteiger partial charge in [-0.15, -0.1) is 0 Å². The maximum Gasteiger partial charge on any atom is 0.418 e. The molecular formula is C41H52FN7O5. The maximum absolute atomic E-state index is 14.9. The van der Waals surface area contributed by atoms with E-state index in [9.17, 15) is 14.0 Å². The molecule has 2 heterocycles. The monoisotopic (exact) mass is 741 g/mol. The Kier molecular flexibility index (Phi) is 14.2. The minimum Gasteiger partial charge on any atom is -0.493 e. The van der Waals surface area contributed by atoms with Crippen LogP contribution in [0.25, 0.3) is 11.1 Å². The van der Waals surface area contributed by atoms with Gasteiger partial charge in [-0.3, -0.25) is 10.1 Å². The van der Waals surface area contributed by atoms with Crippen molar-refractivity contribution in [3.63, 3.8) is 0 Å². The van der Waals surface area contributed by atoms with Gasteiger partial charge in [0.05, 0.1) is 13.7 Å². The number of benzene rings is 3. The van der Waals surface area contributed by atoms with Crippen molar-refractivity contribution < 1.29 is 28.2 Å². The topological polar surface area (TPSA) is 130 Å². The average Bonchev–Trinajstić information content (AvgIpc) is 3.15. The number of amides is 2. The zero-order valence-corrected chi connectivity index (χ0v) is 32.1. The molecular weight excluding hydrogens is 689 g/mol. The Balaban J connectivity index is 1.24. The van der Waals surface area contributed by atoms with Crippen LogP contribution in [0.2, 0.25) is 0 Å². The largest absolute Gasteiger partial charge is 0.493 e. The summed E-state index contributed by atoms with van der Waals surface area (Å²) in [5.41, 5.74) is 4.87. The molecule has 1 atom stereocenters. The maximum atomic E-state index is 14.9. The predicted octanol–water partition coefficient (Wildman–Crippen LogP) is 7.13. The van der Waals surface area contributed by atoms with E-state index in [0.29, 0.717) is 36.4 Å². The van der Waals surface area contributed by atoms with Gasteiger partial charge in [-0.2, -0.15) is 4.98 Å². The number of hydrogen-bond acceptors (Lipinski definition) is 10. The van der Waals surface area contributed by atoms with Crippen molar-refractivity contribution in [2.45, 2.75) is 59.4 Å². The van der Waals surface area contributed by atoms with Gasteiger partial charge in [0, 0.05) is 68.7 Å². The summed E-state index contributed by atoms with van der Waals surface area (Å²) in [7, 11) is 3.63. The number of aromatic nitrogens is 2. The Hall–Kier alpha value is -5.27. The highest BCUT2D eigenvalue weighted by molar-refractivity contribution is 5.89. The smallest absolute Gasteiger partial charge is 0.418 e. The number of carbonyl (C=O) groups is 2. The standard InChI is InChI=1S/C41H52FN7O5/c1-7-28(3)44-38(50)15-12-30-24-33(32-11-8-10-27(2)29(32)4)39(36(25-30)52-6)54-41(51)47-37-16-17-43-40(46-37)45-31-13-14-35(34(42)26-31)53-23-9-18-49-21-19-48(5)20-22-49/h8,10-11,13-14,16-17,24-26,28H,7,9,12,15,18-23H2,1-6H3,(H,44,50)(H2,43,45,46,47,51). The normalized spacial score (nSPS) is 13.9. The Labute approximate surface area is 317 Å². The van der Waals surface area contributed by atoms with E-state index in [4.69, 9.17) is 14.2 Å². The number of piperazine rings is 1. The van der Waals surface area contributed by atoms with Crippen molar-refractivity contribution in [2.24, 2.45) is 0 Å². The highest BCUT2D eigenvalue weighted by Crippen LogP contribution is 2.42. The lowest BCUT2D eigenvalue weighted by atomic mass is 9.93. The van der Waals surface area contributed by atoms with Gasteiger partial charge in [-0.1, -0.05) is 25.1 Å². The average molecular weight is 742 g/mol. The summed E-state index contributed by atoms with van der Waals surface area (Å²) in [4.78, 5) is 39.3. The molecule has 0 spiro atoms. The van der Waals surface area contributed by atoms with Crippen molar-refractivity contribution in [1.29, 1.82) is 0 Å². The number of halogens is 1. The number of aryl methyl sites for hydroxylation is 2. The van der Waals surface area contributed by atoms with Crippen molar-refractivity contribution in [1.82, 2.24) is 25.1 Å². The van der Waals surface area contributed by atoms with E-state index in [1.165, 1.54) is 25.4 Å². The molecule has 1 unspecified atom stereocenters. The molecule has 12 nitrogen and oxygen atoms in total. The van der Waals surface area contributed by atoms with Gasteiger partial charge in [0.1, 0.15) is 5.82 Å². The number of carbonyl (C=O) groups excluding carboxylic acids is 2. The Morgan fingerprint density at radius 3 is 2.54 bits per heavy atom. The lowest BCUT2D eigenvalue weighted by Gasteiger charge is -2.32. The van der Waals surface area contributed by atoms with E-state index in [1.807, 2.05) is 52.0 Å². The summed E-state index contributed by atoms with van der Waals surface area (Å²) in [5, 5.41) is 8.65. The van der Waals surface area contributed by atoms with Gasteiger partial charge in [0.2, 0.25) is 11.9 Å². The van der Waals surface area contributed by atoms with E-state index < -0.39 is 11.9 Å². The fourth-order valence-electron chi connectivity index (χ4n) is 6.09. The van der Waals surface area contributed by atoms with Crippen LogP contribution >= 0.6 is 0 Å². The Bertz CT molecular complexity index is 1900. The summed E-state index contributed by atoms with van der Waals surface area (Å²) in [6.45, 7) is 13.5. The molecule has 1 aromatic heterocycles. The molecule has 3 aromatic carbocycles. The highest BCUT2D eigenvalue weighted by atomic mass is 19.1. The molecule has 1 aliphatic rings. The van der Waals surface area contributed by atoms with Crippen LogP contribution in [0, 0.1) is 19.7 Å².